The van der Waals surface area contributed by atoms with E-state index in [1.165, 1.54) is 5.56 Å². The van der Waals surface area contributed by atoms with Gasteiger partial charge in [0.05, 0.1) is 6.04 Å². The van der Waals surface area contributed by atoms with E-state index in [9.17, 15) is 4.79 Å². The van der Waals surface area contributed by atoms with Gasteiger partial charge in [-0.3, -0.25) is 4.79 Å². The largest absolute Gasteiger partial charge is 0.350 e. The first-order chi connectivity index (χ1) is 9.58. The first kappa shape index (κ1) is 15.5. The molecule has 1 aromatic carbocycles. The maximum Gasteiger partial charge on any atom is 0.251 e. The summed E-state index contributed by atoms with van der Waals surface area (Å²) in [5, 5.41) is 7.20. The van der Waals surface area contributed by atoms with Crippen LogP contribution in [-0.4, -0.2) is 31.4 Å². The zero-order valence-electron chi connectivity index (χ0n) is 11.5. The Kier molecular flexibility index (Phi) is 5.56. The second-order valence-corrected chi connectivity index (χ2v) is 6.78. The Hall–Kier alpha value is -0.920. The summed E-state index contributed by atoms with van der Waals surface area (Å²) in [5.74, 6) is -0.0246. The van der Waals surface area contributed by atoms with Crippen molar-refractivity contribution in [2.24, 2.45) is 0 Å². The fraction of sp³-hybridized carbons (Fsp3) is 0.267. The molecule has 0 saturated heterocycles. The minimum absolute atomic E-state index is 0.0246. The van der Waals surface area contributed by atoms with Crippen molar-refractivity contribution in [2.75, 3.05) is 20.6 Å². The van der Waals surface area contributed by atoms with Crippen LogP contribution >= 0.6 is 33.9 Å². The maximum atomic E-state index is 12.1. The number of halogens is 1. The summed E-state index contributed by atoms with van der Waals surface area (Å²) in [6, 6.07) is 9.90. The molecule has 0 aliphatic rings. The van der Waals surface area contributed by atoms with Gasteiger partial charge in [0.25, 0.3) is 5.91 Å². The quantitative estimate of drug-likeness (QED) is 0.781. The number of hydrogen-bond donors (Lipinski definition) is 1. The third kappa shape index (κ3) is 4.04. The van der Waals surface area contributed by atoms with Gasteiger partial charge in [-0.25, -0.2) is 0 Å². The van der Waals surface area contributed by atoms with E-state index in [-0.39, 0.29) is 11.9 Å². The number of hydrogen-bond acceptors (Lipinski definition) is 3. The van der Waals surface area contributed by atoms with E-state index in [0.717, 1.165) is 3.57 Å². The van der Waals surface area contributed by atoms with Gasteiger partial charge in [-0.2, -0.15) is 11.3 Å². The molecule has 1 aromatic heterocycles. The molecule has 3 nitrogen and oxygen atoms in total. The summed E-state index contributed by atoms with van der Waals surface area (Å²) < 4.78 is 1.13. The zero-order valence-corrected chi connectivity index (χ0v) is 14.4. The summed E-state index contributed by atoms with van der Waals surface area (Å²) >= 11 is 3.91. The first-order valence-electron chi connectivity index (χ1n) is 6.30. The molecule has 0 aliphatic carbocycles. The molecule has 0 radical (unpaired) electrons. The van der Waals surface area contributed by atoms with Gasteiger partial charge in [-0.15, -0.1) is 0 Å². The van der Waals surface area contributed by atoms with Crippen molar-refractivity contribution >= 4 is 39.8 Å². The molecule has 0 aliphatic heterocycles. The number of carbonyl (C=O) groups excluding carboxylic acids is 1. The molecule has 1 atom stereocenters. The molecular formula is C15H17IN2OS. The predicted octanol–water partition coefficient (Wildman–Crippen LogP) is 3.39. The molecule has 1 N–H and O–H groups in total. The second kappa shape index (κ2) is 7.19. The van der Waals surface area contributed by atoms with Gasteiger partial charge in [0.1, 0.15) is 0 Å². The van der Waals surface area contributed by atoms with E-state index in [2.05, 4.69) is 49.6 Å². The van der Waals surface area contributed by atoms with E-state index in [1.807, 2.05) is 38.4 Å². The van der Waals surface area contributed by atoms with Gasteiger partial charge in [-0.05, 0) is 83.3 Å². The highest BCUT2D eigenvalue weighted by molar-refractivity contribution is 14.1. The van der Waals surface area contributed by atoms with Crippen LogP contribution in [0.3, 0.4) is 0 Å². The molecule has 5 heteroatoms. The van der Waals surface area contributed by atoms with E-state index >= 15 is 0 Å². The summed E-state index contributed by atoms with van der Waals surface area (Å²) in [4.78, 5) is 14.2. The molecule has 0 bridgehead atoms. The fourth-order valence-corrected chi connectivity index (χ4v) is 3.02. The first-order valence-corrected chi connectivity index (χ1v) is 8.32. The molecule has 1 heterocycles. The molecule has 1 unspecified atom stereocenters. The van der Waals surface area contributed by atoms with Gasteiger partial charge in [-0.1, -0.05) is 0 Å². The minimum atomic E-state index is -0.0246. The van der Waals surface area contributed by atoms with Gasteiger partial charge < -0.3 is 10.2 Å². The van der Waals surface area contributed by atoms with Crippen molar-refractivity contribution in [3.05, 3.63) is 55.8 Å². The summed E-state index contributed by atoms with van der Waals surface area (Å²) in [6.07, 6.45) is 0. The topological polar surface area (TPSA) is 32.3 Å². The van der Waals surface area contributed by atoms with E-state index in [1.54, 1.807) is 11.3 Å². The number of amides is 1. The van der Waals surface area contributed by atoms with Crippen molar-refractivity contribution in [1.29, 1.82) is 0 Å². The number of likely N-dealkylation sites (N-methyl/N-ethyl adjacent to an activating group) is 1. The van der Waals surface area contributed by atoms with Gasteiger partial charge in [0, 0.05) is 15.7 Å². The van der Waals surface area contributed by atoms with Crippen LogP contribution in [0.15, 0.2) is 41.1 Å². The fourth-order valence-electron chi connectivity index (χ4n) is 1.96. The number of rotatable bonds is 5. The lowest BCUT2D eigenvalue weighted by molar-refractivity contribution is 0.0942. The smallest absolute Gasteiger partial charge is 0.251 e. The van der Waals surface area contributed by atoms with Gasteiger partial charge in [0.15, 0.2) is 0 Å². The summed E-state index contributed by atoms with van der Waals surface area (Å²) in [5.41, 5.74) is 1.94. The van der Waals surface area contributed by atoms with Crippen LogP contribution in [0, 0.1) is 3.57 Å². The van der Waals surface area contributed by atoms with E-state index in [0.29, 0.717) is 12.1 Å². The lowest BCUT2D eigenvalue weighted by atomic mass is 10.1. The van der Waals surface area contributed by atoms with Crippen molar-refractivity contribution in [3.8, 4) is 0 Å². The highest BCUT2D eigenvalue weighted by atomic mass is 127. The highest BCUT2D eigenvalue weighted by Crippen LogP contribution is 2.20. The number of carbonyl (C=O) groups is 1. The third-order valence-corrected chi connectivity index (χ3v) is 4.53. The average Bonchev–Trinajstić information content (AvgIpc) is 2.93. The Morgan fingerprint density at radius 2 is 2.00 bits per heavy atom. The molecule has 0 saturated carbocycles. The predicted molar refractivity (Wildman–Crippen MR) is 92.2 cm³/mol. The van der Waals surface area contributed by atoms with E-state index < -0.39 is 0 Å². The van der Waals surface area contributed by atoms with E-state index in [4.69, 9.17) is 0 Å². The molecule has 2 aromatic rings. The lowest BCUT2D eigenvalue weighted by Gasteiger charge is -2.24. The Labute approximate surface area is 137 Å². The van der Waals surface area contributed by atoms with Crippen molar-refractivity contribution in [2.45, 2.75) is 6.04 Å². The van der Waals surface area contributed by atoms with Crippen molar-refractivity contribution < 1.29 is 4.79 Å². The lowest BCUT2D eigenvalue weighted by Crippen LogP contribution is -2.34. The number of thiophene rings is 1. The molecular weight excluding hydrogens is 383 g/mol. The molecule has 106 valence electrons. The number of nitrogens with zero attached hydrogens (tertiary/aromatic N) is 1. The van der Waals surface area contributed by atoms with Crippen LogP contribution in [0.2, 0.25) is 0 Å². The maximum absolute atomic E-state index is 12.1. The van der Waals surface area contributed by atoms with Gasteiger partial charge in [0.2, 0.25) is 0 Å². The van der Waals surface area contributed by atoms with Crippen LogP contribution in [0.4, 0.5) is 0 Å². The van der Waals surface area contributed by atoms with Crippen LogP contribution < -0.4 is 5.32 Å². The highest BCUT2D eigenvalue weighted by Gasteiger charge is 2.16. The van der Waals surface area contributed by atoms with Crippen molar-refractivity contribution in [1.82, 2.24) is 10.2 Å². The summed E-state index contributed by atoms with van der Waals surface area (Å²) in [7, 11) is 4.05. The molecule has 2 rings (SSSR count). The van der Waals surface area contributed by atoms with Crippen LogP contribution in [0.5, 0.6) is 0 Å². The standard InChI is InChI=1S/C15H17IN2OS/c1-18(2)14(12-7-8-20-10-12)9-17-15(19)11-3-5-13(16)6-4-11/h3-8,10,14H,9H2,1-2H3,(H,17,19). The summed E-state index contributed by atoms with van der Waals surface area (Å²) in [6.45, 7) is 0.606. The van der Waals surface area contributed by atoms with Crippen LogP contribution in [0.1, 0.15) is 22.0 Å². The molecule has 0 spiro atoms. The Morgan fingerprint density at radius 1 is 1.30 bits per heavy atom. The van der Waals surface area contributed by atoms with Crippen molar-refractivity contribution in [3.63, 3.8) is 0 Å². The average molecular weight is 400 g/mol. The Balaban J connectivity index is 1.99. The number of nitrogens with one attached hydrogen (secondary N) is 1. The SMILES string of the molecule is CN(C)C(CNC(=O)c1ccc(I)cc1)c1ccsc1. The van der Waals surface area contributed by atoms with Crippen LogP contribution in [-0.2, 0) is 0 Å². The monoisotopic (exact) mass is 400 g/mol. The second-order valence-electron chi connectivity index (χ2n) is 4.75. The normalized spacial score (nSPS) is 12.4. The Bertz CT molecular complexity index is 552. The molecule has 20 heavy (non-hydrogen) atoms. The Morgan fingerprint density at radius 3 is 2.55 bits per heavy atom. The minimum Gasteiger partial charge on any atom is -0.350 e. The molecule has 0 fully saturated rings. The third-order valence-electron chi connectivity index (χ3n) is 3.11. The van der Waals surface area contributed by atoms with Gasteiger partial charge >= 0.3 is 0 Å². The number of benzene rings is 1. The molecule has 1 amide bonds. The zero-order chi connectivity index (χ0) is 14.5. The van der Waals surface area contributed by atoms with Crippen LogP contribution in [0.25, 0.3) is 0 Å².